The van der Waals surface area contributed by atoms with Gasteiger partial charge in [-0.3, -0.25) is 4.79 Å². The maximum atomic E-state index is 12.5. The average molecular weight is 446 g/mol. The predicted molar refractivity (Wildman–Crippen MR) is 115 cm³/mol. The summed E-state index contributed by atoms with van der Waals surface area (Å²) in [6.45, 7) is 6.78. The Morgan fingerprint density at radius 3 is 2.55 bits per heavy atom. The first-order valence-electron chi connectivity index (χ1n) is 10.4. The van der Waals surface area contributed by atoms with Crippen LogP contribution in [0.4, 0.5) is 0 Å². The summed E-state index contributed by atoms with van der Waals surface area (Å²) >= 11 is 1.64. The van der Waals surface area contributed by atoms with Gasteiger partial charge in [0.05, 0.1) is 18.1 Å². The molecule has 6 atom stereocenters. The summed E-state index contributed by atoms with van der Waals surface area (Å²) in [4.78, 5) is 29.0. The molecule has 0 aromatic heterocycles. The number of thioether (sulfide) groups is 1. The Labute approximate surface area is 182 Å². The van der Waals surface area contributed by atoms with Crippen molar-refractivity contribution in [3.63, 3.8) is 0 Å². The third-order valence-electron chi connectivity index (χ3n) is 7.06. The van der Waals surface area contributed by atoms with E-state index in [1.54, 1.807) is 18.7 Å². The normalized spacial score (nSPS) is 36.6. The Morgan fingerprint density at radius 1 is 1.31 bits per heavy atom. The number of carbonyl (C=O) groups is 2. The lowest BCUT2D eigenvalue weighted by atomic mass is 9.79. The molecule has 4 aliphatic heterocycles. The Hall–Kier alpha value is -0.800. The molecule has 0 spiro atoms. The van der Waals surface area contributed by atoms with Crippen molar-refractivity contribution in [3.8, 4) is 0 Å². The molecule has 0 aromatic carbocycles. The van der Waals surface area contributed by atoms with E-state index in [0.29, 0.717) is 17.2 Å². The predicted octanol–water partition coefficient (Wildman–Crippen LogP) is 1.37. The molecule has 0 saturated carbocycles. The maximum Gasteiger partial charge on any atom is 0.353 e. The van der Waals surface area contributed by atoms with Gasteiger partial charge in [-0.1, -0.05) is 6.92 Å². The molecule has 4 aliphatic rings. The first kappa shape index (κ1) is 22.9. The van der Waals surface area contributed by atoms with Gasteiger partial charge in [-0.25, -0.2) is 4.79 Å². The van der Waals surface area contributed by atoms with Gasteiger partial charge in [-0.2, -0.15) is 0 Å². The molecule has 0 radical (unpaired) electrons. The number of nitrogens with one attached hydrogen (secondary N) is 1. The molecule has 2 unspecified atom stereocenters. The number of aliphatic hydroxyl groups is 1. The van der Waals surface area contributed by atoms with Gasteiger partial charge in [0.15, 0.2) is 0 Å². The van der Waals surface area contributed by atoms with E-state index >= 15 is 0 Å². The Kier molecular flexibility index (Phi) is 6.90. The van der Waals surface area contributed by atoms with Crippen molar-refractivity contribution in [3.05, 3.63) is 10.6 Å². The largest absolute Gasteiger partial charge is 0.477 e. The van der Waals surface area contributed by atoms with Crippen LogP contribution < -0.4 is 5.32 Å². The molecule has 4 rings (SSSR count). The molecule has 164 valence electrons. The average Bonchev–Trinajstić information content (AvgIpc) is 3.18. The number of carbonyl (C=O) groups excluding carboxylic acids is 1. The van der Waals surface area contributed by atoms with Crippen molar-refractivity contribution in [1.29, 1.82) is 0 Å². The molecule has 1 amide bonds. The fourth-order valence-electron chi connectivity index (χ4n) is 5.47. The molecular formula is C20H32ClN3O4S. The van der Waals surface area contributed by atoms with Gasteiger partial charge in [0, 0.05) is 28.7 Å². The van der Waals surface area contributed by atoms with Gasteiger partial charge in [-0.05, 0) is 52.2 Å². The number of halogens is 1. The fourth-order valence-corrected chi connectivity index (χ4v) is 6.96. The van der Waals surface area contributed by atoms with Crippen LogP contribution in [0.25, 0.3) is 0 Å². The highest BCUT2D eigenvalue weighted by Gasteiger charge is 2.60. The second kappa shape index (κ2) is 8.75. The minimum Gasteiger partial charge on any atom is -0.477 e. The van der Waals surface area contributed by atoms with E-state index in [2.05, 4.69) is 17.3 Å². The number of piperidine rings is 1. The molecule has 3 fully saturated rings. The van der Waals surface area contributed by atoms with E-state index in [0.717, 1.165) is 31.0 Å². The number of fused-ring (bicyclic) bond motifs is 1. The van der Waals surface area contributed by atoms with Gasteiger partial charge in [0.25, 0.3) is 0 Å². The lowest BCUT2D eigenvalue weighted by molar-refractivity contribution is -0.163. The smallest absolute Gasteiger partial charge is 0.353 e. The van der Waals surface area contributed by atoms with Crippen molar-refractivity contribution in [2.24, 2.45) is 17.8 Å². The third-order valence-corrected chi connectivity index (χ3v) is 8.57. The lowest BCUT2D eigenvalue weighted by Gasteiger charge is -2.46. The van der Waals surface area contributed by atoms with E-state index < -0.39 is 18.0 Å². The van der Waals surface area contributed by atoms with Crippen LogP contribution >= 0.6 is 24.2 Å². The third kappa shape index (κ3) is 3.94. The van der Waals surface area contributed by atoms with Gasteiger partial charge in [0.1, 0.15) is 5.70 Å². The first-order valence-corrected chi connectivity index (χ1v) is 11.2. The summed E-state index contributed by atoms with van der Waals surface area (Å²) in [5.74, 6) is -1.13. The number of aliphatic hydroxyl groups excluding tert-OH is 1. The number of carboxylic acids is 1. The van der Waals surface area contributed by atoms with E-state index in [9.17, 15) is 19.8 Å². The van der Waals surface area contributed by atoms with E-state index in [-0.39, 0.29) is 36.0 Å². The van der Waals surface area contributed by atoms with E-state index in [1.807, 2.05) is 6.92 Å². The zero-order valence-electron chi connectivity index (χ0n) is 17.2. The lowest BCUT2D eigenvalue weighted by Crippen LogP contribution is -2.63. The van der Waals surface area contributed by atoms with Crippen molar-refractivity contribution >= 4 is 36.0 Å². The molecule has 0 aliphatic carbocycles. The number of rotatable bonds is 5. The number of hydrogen-bond donors (Lipinski definition) is 3. The number of hydrogen-bond acceptors (Lipinski definition) is 6. The van der Waals surface area contributed by atoms with Crippen LogP contribution in [0.15, 0.2) is 10.6 Å². The zero-order chi connectivity index (χ0) is 20.2. The van der Waals surface area contributed by atoms with Crippen LogP contribution in [-0.4, -0.2) is 82.0 Å². The van der Waals surface area contributed by atoms with Crippen LogP contribution in [0.5, 0.6) is 0 Å². The molecule has 0 bridgehead atoms. The van der Waals surface area contributed by atoms with Crippen molar-refractivity contribution < 1.29 is 19.8 Å². The maximum absolute atomic E-state index is 12.5. The summed E-state index contributed by atoms with van der Waals surface area (Å²) in [7, 11) is 2.17. The van der Waals surface area contributed by atoms with E-state index in [4.69, 9.17) is 0 Å². The van der Waals surface area contributed by atoms with Gasteiger partial charge < -0.3 is 25.3 Å². The van der Waals surface area contributed by atoms with Crippen LogP contribution in [0, 0.1) is 17.8 Å². The highest BCUT2D eigenvalue weighted by atomic mass is 35.5. The Morgan fingerprint density at radius 2 is 1.97 bits per heavy atom. The highest BCUT2D eigenvalue weighted by molar-refractivity contribution is 8.03. The minimum absolute atomic E-state index is 0. The highest BCUT2D eigenvalue weighted by Crippen LogP contribution is 2.52. The molecular weight excluding hydrogens is 414 g/mol. The summed E-state index contributed by atoms with van der Waals surface area (Å²) in [6.07, 6.45) is 2.72. The second-order valence-corrected chi connectivity index (χ2v) is 10.2. The molecule has 4 heterocycles. The standard InChI is InChI=1S/C20H31N3O4S.ClH/c1-10-16-15(11(2)24)19(25)23(16)17(20(26)27)18(10)28-13-8-14(21-9-13)12-4-6-22(3)7-5-12;/h10-16,21,24H,4-9H2,1-3H3,(H,26,27);1H/t10-,11-,13+,14+,15?,16?;/m1./s1. The molecule has 29 heavy (non-hydrogen) atoms. The number of likely N-dealkylation sites (tertiary alicyclic amines) is 1. The SMILES string of the molecule is C[C@@H](O)C1C(=O)N2C(C(=O)O)=C(S[C@@H]3CN[C@H](C4CCN(C)CC4)C3)[C@H](C)C12.Cl. The topological polar surface area (TPSA) is 93.1 Å². The zero-order valence-corrected chi connectivity index (χ0v) is 18.8. The van der Waals surface area contributed by atoms with Gasteiger partial charge >= 0.3 is 5.97 Å². The fraction of sp³-hybridized carbons (Fsp3) is 0.800. The number of aliphatic carboxylic acids is 1. The number of carboxylic acid groups (broad SMARTS) is 1. The number of amides is 1. The van der Waals surface area contributed by atoms with Crippen LogP contribution in [0.2, 0.25) is 0 Å². The van der Waals surface area contributed by atoms with Crippen LogP contribution in [-0.2, 0) is 9.59 Å². The molecule has 3 saturated heterocycles. The van der Waals surface area contributed by atoms with Gasteiger partial charge in [-0.15, -0.1) is 24.2 Å². The Bertz CT molecular complexity index is 695. The molecule has 3 N–H and O–H groups in total. The second-order valence-electron chi connectivity index (χ2n) is 8.90. The van der Waals surface area contributed by atoms with E-state index in [1.165, 1.54) is 17.7 Å². The summed E-state index contributed by atoms with van der Waals surface area (Å²) in [5, 5.41) is 23.7. The minimum atomic E-state index is -1.04. The number of β-lactam (4-membered cyclic amide) rings is 1. The van der Waals surface area contributed by atoms with Gasteiger partial charge in [0.2, 0.25) is 5.91 Å². The molecule has 0 aromatic rings. The summed E-state index contributed by atoms with van der Waals surface area (Å²) in [6, 6.07) is 0.279. The summed E-state index contributed by atoms with van der Waals surface area (Å²) < 4.78 is 0. The first-order chi connectivity index (χ1) is 13.3. The van der Waals surface area contributed by atoms with Crippen LogP contribution in [0.1, 0.15) is 33.1 Å². The monoisotopic (exact) mass is 445 g/mol. The molecule has 7 nitrogen and oxygen atoms in total. The van der Waals surface area contributed by atoms with Crippen LogP contribution in [0.3, 0.4) is 0 Å². The Balaban J connectivity index is 0.00000240. The summed E-state index contributed by atoms with van der Waals surface area (Å²) in [5.41, 5.74) is 0.146. The van der Waals surface area contributed by atoms with Crippen molar-refractivity contribution in [2.45, 2.75) is 56.5 Å². The molecule has 9 heteroatoms. The number of nitrogens with zero attached hydrogens (tertiary/aromatic N) is 2. The van der Waals surface area contributed by atoms with Crippen molar-refractivity contribution in [2.75, 3.05) is 26.7 Å². The van der Waals surface area contributed by atoms with Crippen molar-refractivity contribution in [1.82, 2.24) is 15.1 Å². The quantitative estimate of drug-likeness (QED) is 0.550.